The summed E-state index contributed by atoms with van der Waals surface area (Å²) < 4.78 is 38.5. The van der Waals surface area contributed by atoms with E-state index in [1.807, 2.05) is 7.05 Å². The number of benzene rings is 1. The van der Waals surface area contributed by atoms with Gasteiger partial charge < -0.3 is 15.1 Å². The number of phenolic OH excluding ortho intramolecular Hbond substituents is 1. The number of likely N-dealkylation sites (tertiary alicyclic amines) is 1. The second-order valence-corrected chi connectivity index (χ2v) is 7.52. The van der Waals surface area contributed by atoms with Gasteiger partial charge in [0.2, 0.25) is 0 Å². The Labute approximate surface area is 161 Å². The van der Waals surface area contributed by atoms with Crippen molar-refractivity contribution in [2.75, 3.05) is 20.1 Å². The molecule has 2 heterocycles. The highest BCUT2D eigenvalue weighted by Gasteiger charge is 2.32. The van der Waals surface area contributed by atoms with E-state index in [2.05, 4.69) is 15.1 Å². The first-order valence-corrected chi connectivity index (χ1v) is 9.20. The Morgan fingerprint density at radius 3 is 2.50 bits per heavy atom. The summed E-state index contributed by atoms with van der Waals surface area (Å²) in [7, 11) is 2.01. The fourth-order valence-corrected chi connectivity index (χ4v) is 3.76. The molecule has 2 aromatic rings. The molecule has 0 amide bonds. The molecule has 0 aliphatic carbocycles. The third-order valence-electron chi connectivity index (χ3n) is 5.53. The normalized spacial score (nSPS) is 19.6. The van der Waals surface area contributed by atoms with Gasteiger partial charge >= 0.3 is 6.18 Å². The van der Waals surface area contributed by atoms with E-state index in [9.17, 15) is 23.4 Å². The molecule has 8 heteroatoms. The molecular formula is C20H24F3N3O2. The van der Waals surface area contributed by atoms with E-state index in [1.54, 1.807) is 13.8 Å². The monoisotopic (exact) mass is 395 g/mol. The Morgan fingerprint density at radius 1 is 1.18 bits per heavy atom. The number of alkyl halides is 3. The van der Waals surface area contributed by atoms with Crippen LogP contribution in [0.2, 0.25) is 0 Å². The Hall–Kier alpha value is -2.19. The molecule has 28 heavy (non-hydrogen) atoms. The third-order valence-corrected chi connectivity index (χ3v) is 5.53. The fourth-order valence-electron chi connectivity index (χ4n) is 3.76. The van der Waals surface area contributed by atoms with Crippen LogP contribution in [0.5, 0.6) is 5.75 Å². The standard InChI is InChI=1S/C20H24F3N3O2/c1-11-12(2)18(19(28)13-5-4-8-26(3)10-13)25-24-17(11)15-7-6-14(9-16(15)27)20(21,22)23/h6-7,9,13,19,27-28H,4-5,8,10H2,1-3H3/t13?,19-/m0/s1. The molecule has 1 aliphatic rings. The number of hydrogen-bond donors (Lipinski definition) is 2. The number of hydrogen-bond acceptors (Lipinski definition) is 5. The third kappa shape index (κ3) is 3.98. The summed E-state index contributed by atoms with van der Waals surface area (Å²) in [6, 6.07) is 2.79. The number of piperidine rings is 1. The number of aliphatic hydroxyl groups is 1. The first kappa shape index (κ1) is 20.5. The van der Waals surface area contributed by atoms with E-state index in [1.165, 1.54) is 6.07 Å². The van der Waals surface area contributed by atoms with Crippen LogP contribution in [-0.2, 0) is 6.18 Å². The second-order valence-electron chi connectivity index (χ2n) is 7.52. The number of aromatic nitrogens is 2. The minimum Gasteiger partial charge on any atom is -0.507 e. The number of aromatic hydroxyl groups is 1. The van der Waals surface area contributed by atoms with Crippen LogP contribution in [0.4, 0.5) is 13.2 Å². The van der Waals surface area contributed by atoms with Crippen LogP contribution in [-0.4, -0.2) is 45.4 Å². The molecule has 0 saturated carbocycles. The van der Waals surface area contributed by atoms with Crippen LogP contribution in [0.3, 0.4) is 0 Å². The maximum absolute atomic E-state index is 12.8. The number of aliphatic hydroxyl groups excluding tert-OH is 1. The molecule has 5 nitrogen and oxygen atoms in total. The van der Waals surface area contributed by atoms with Crippen LogP contribution >= 0.6 is 0 Å². The van der Waals surface area contributed by atoms with Gasteiger partial charge in [-0.2, -0.15) is 18.3 Å². The second kappa shape index (κ2) is 7.67. The lowest BCUT2D eigenvalue weighted by Gasteiger charge is -2.33. The van der Waals surface area contributed by atoms with E-state index in [-0.39, 0.29) is 11.5 Å². The molecule has 3 rings (SSSR count). The number of halogens is 3. The minimum absolute atomic E-state index is 0.0523. The highest BCUT2D eigenvalue weighted by molar-refractivity contribution is 5.70. The SMILES string of the molecule is Cc1c(-c2ccc(C(F)(F)F)cc2O)nnc([C@@H](O)C2CCCN(C)C2)c1C. The summed E-state index contributed by atoms with van der Waals surface area (Å²) in [5.41, 5.74) is 1.44. The highest BCUT2D eigenvalue weighted by atomic mass is 19.4. The van der Waals surface area contributed by atoms with Crippen molar-refractivity contribution in [3.05, 3.63) is 40.6 Å². The molecule has 1 unspecified atom stereocenters. The average Bonchev–Trinajstić information content (AvgIpc) is 2.63. The molecule has 0 bridgehead atoms. The predicted octanol–water partition coefficient (Wildman–Crippen LogP) is 3.86. The average molecular weight is 395 g/mol. The van der Waals surface area contributed by atoms with Gasteiger partial charge in [0.15, 0.2) is 0 Å². The number of rotatable bonds is 3. The lowest BCUT2D eigenvalue weighted by atomic mass is 9.88. The molecule has 1 aliphatic heterocycles. The van der Waals surface area contributed by atoms with Gasteiger partial charge in [-0.05, 0) is 69.6 Å². The zero-order chi connectivity index (χ0) is 20.6. The van der Waals surface area contributed by atoms with Gasteiger partial charge in [-0.1, -0.05) is 0 Å². The maximum Gasteiger partial charge on any atom is 0.416 e. The van der Waals surface area contributed by atoms with Crippen LogP contribution in [0.25, 0.3) is 11.3 Å². The van der Waals surface area contributed by atoms with Gasteiger partial charge in [0.1, 0.15) is 11.9 Å². The van der Waals surface area contributed by atoms with E-state index in [0.29, 0.717) is 23.0 Å². The Morgan fingerprint density at radius 2 is 1.89 bits per heavy atom. The Balaban J connectivity index is 1.94. The van der Waals surface area contributed by atoms with Crippen molar-refractivity contribution in [1.82, 2.24) is 15.1 Å². The molecule has 1 aromatic carbocycles. The van der Waals surface area contributed by atoms with E-state index in [4.69, 9.17) is 0 Å². The van der Waals surface area contributed by atoms with Crippen molar-refractivity contribution >= 4 is 0 Å². The molecule has 152 valence electrons. The zero-order valence-electron chi connectivity index (χ0n) is 16.1. The lowest BCUT2D eigenvalue weighted by molar-refractivity contribution is -0.137. The maximum atomic E-state index is 12.8. The number of nitrogens with zero attached hydrogens (tertiary/aromatic N) is 3. The molecular weight excluding hydrogens is 371 g/mol. The topological polar surface area (TPSA) is 69.5 Å². The van der Waals surface area contributed by atoms with Crippen LogP contribution in [0.1, 0.15) is 41.3 Å². The largest absolute Gasteiger partial charge is 0.507 e. The molecule has 1 saturated heterocycles. The van der Waals surface area contributed by atoms with Gasteiger partial charge in [0.25, 0.3) is 0 Å². The molecule has 2 N–H and O–H groups in total. The summed E-state index contributed by atoms with van der Waals surface area (Å²) in [4.78, 5) is 2.17. The van der Waals surface area contributed by atoms with Gasteiger partial charge in [0, 0.05) is 18.0 Å². The summed E-state index contributed by atoms with van der Waals surface area (Å²) >= 11 is 0. The minimum atomic E-state index is -4.53. The first-order valence-electron chi connectivity index (χ1n) is 9.20. The van der Waals surface area contributed by atoms with Crippen LogP contribution in [0.15, 0.2) is 18.2 Å². The number of phenols is 1. The van der Waals surface area contributed by atoms with Crippen molar-refractivity contribution in [1.29, 1.82) is 0 Å². The highest BCUT2D eigenvalue weighted by Crippen LogP contribution is 2.38. The van der Waals surface area contributed by atoms with E-state index >= 15 is 0 Å². The summed E-state index contributed by atoms with van der Waals surface area (Å²) in [6.45, 7) is 5.33. The molecule has 2 atom stereocenters. The molecule has 0 radical (unpaired) electrons. The fraction of sp³-hybridized carbons (Fsp3) is 0.500. The van der Waals surface area contributed by atoms with Crippen LogP contribution in [0, 0.1) is 19.8 Å². The summed E-state index contributed by atoms with van der Waals surface area (Å²) in [5.74, 6) is -0.453. The summed E-state index contributed by atoms with van der Waals surface area (Å²) in [6.07, 6.45) is -3.40. The Kier molecular flexibility index (Phi) is 5.63. The van der Waals surface area contributed by atoms with Crippen molar-refractivity contribution in [2.45, 2.75) is 39.0 Å². The van der Waals surface area contributed by atoms with Crippen molar-refractivity contribution in [2.24, 2.45) is 5.92 Å². The van der Waals surface area contributed by atoms with E-state index in [0.717, 1.165) is 37.6 Å². The molecule has 1 aromatic heterocycles. The lowest BCUT2D eigenvalue weighted by Crippen LogP contribution is -2.35. The zero-order valence-corrected chi connectivity index (χ0v) is 16.1. The molecule has 0 spiro atoms. The summed E-state index contributed by atoms with van der Waals surface area (Å²) in [5, 5.41) is 29.2. The quantitative estimate of drug-likeness (QED) is 0.826. The molecule has 1 fully saturated rings. The smallest absolute Gasteiger partial charge is 0.416 e. The first-order chi connectivity index (χ1) is 13.1. The predicted molar refractivity (Wildman–Crippen MR) is 98.8 cm³/mol. The van der Waals surface area contributed by atoms with Crippen molar-refractivity contribution < 1.29 is 23.4 Å². The van der Waals surface area contributed by atoms with Gasteiger partial charge in [-0.15, -0.1) is 5.10 Å². The van der Waals surface area contributed by atoms with Gasteiger partial charge in [-0.25, -0.2) is 0 Å². The Bertz CT molecular complexity index is 871. The van der Waals surface area contributed by atoms with E-state index < -0.39 is 23.6 Å². The van der Waals surface area contributed by atoms with Crippen molar-refractivity contribution in [3.8, 4) is 17.0 Å². The van der Waals surface area contributed by atoms with Crippen LogP contribution < -0.4 is 0 Å². The van der Waals surface area contributed by atoms with Gasteiger partial charge in [-0.3, -0.25) is 0 Å². The van der Waals surface area contributed by atoms with Gasteiger partial charge in [0.05, 0.1) is 17.0 Å². The van der Waals surface area contributed by atoms with Crippen molar-refractivity contribution in [3.63, 3.8) is 0 Å².